The number of hydrogen-bond acceptors (Lipinski definition) is 3. The van der Waals surface area contributed by atoms with Crippen molar-refractivity contribution in [2.45, 2.75) is 26.2 Å². The van der Waals surface area contributed by atoms with E-state index < -0.39 is 0 Å². The summed E-state index contributed by atoms with van der Waals surface area (Å²) in [5, 5.41) is 3.12. The molecule has 1 aliphatic carbocycles. The Kier molecular flexibility index (Phi) is 3.88. The summed E-state index contributed by atoms with van der Waals surface area (Å²) >= 11 is 5.88. The molecule has 1 aromatic carbocycles. The molecule has 1 heterocycles. The van der Waals surface area contributed by atoms with Crippen molar-refractivity contribution in [2.75, 3.05) is 5.32 Å². The average Bonchev–Trinajstić information content (AvgIpc) is 2.45. The maximum absolute atomic E-state index is 12.4. The number of rotatable bonds is 2. The van der Waals surface area contributed by atoms with Gasteiger partial charge in [0.15, 0.2) is 0 Å². The first-order valence-electron chi connectivity index (χ1n) is 7.00. The van der Waals surface area contributed by atoms with E-state index in [1.165, 1.54) is 11.1 Å². The van der Waals surface area contributed by atoms with E-state index in [9.17, 15) is 4.79 Å². The monoisotopic (exact) mass is 301 g/mol. The van der Waals surface area contributed by atoms with Crippen molar-refractivity contribution in [3.63, 3.8) is 0 Å². The van der Waals surface area contributed by atoms with E-state index in [4.69, 9.17) is 11.6 Å². The van der Waals surface area contributed by atoms with Crippen LogP contribution in [0.4, 0.5) is 5.95 Å². The highest BCUT2D eigenvalue weighted by Gasteiger charge is 2.25. The predicted molar refractivity (Wildman–Crippen MR) is 82.4 cm³/mol. The number of benzene rings is 1. The van der Waals surface area contributed by atoms with E-state index in [-0.39, 0.29) is 17.8 Å². The molecule has 0 saturated carbocycles. The van der Waals surface area contributed by atoms with Crippen molar-refractivity contribution in [3.05, 3.63) is 52.3 Å². The fourth-order valence-corrected chi connectivity index (χ4v) is 2.96. The predicted octanol–water partition coefficient (Wildman–Crippen LogP) is 3.18. The van der Waals surface area contributed by atoms with Crippen LogP contribution in [0.3, 0.4) is 0 Å². The van der Waals surface area contributed by atoms with Gasteiger partial charge in [-0.1, -0.05) is 35.9 Å². The quantitative estimate of drug-likeness (QED) is 0.867. The molecule has 5 heteroatoms. The summed E-state index contributed by atoms with van der Waals surface area (Å²) in [7, 11) is 0. The summed E-state index contributed by atoms with van der Waals surface area (Å²) in [5.41, 5.74) is 3.34. The number of nitrogens with zero attached hydrogens (tertiary/aromatic N) is 2. The second-order valence-electron chi connectivity index (χ2n) is 5.35. The second-order valence-corrected chi connectivity index (χ2v) is 5.74. The Morgan fingerprint density at radius 2 is 2.05 bits per heavy atom. The lowest BCUT2D eigenvalue weighted by Crippen LogP contribution is -2.28. The van der Waals surface area contributed by atoms with Crippen LogP contribution >= 0.6 is 11.6 Å². The first kappa shape index (κ1) is 14.0. The molecule has 1 aliphatic rings. The minimum Gasteiger partial charge on any atom is -0.294 e. The van der Waals surface area contributed by atoms with Gasteiger partial charge in [-0.2, -0.15) is 0 Å². The summed E-state index contributed by atoms with van der Waals surface area (Å²) in [5.74, 6) is 0.206. The molecule has 0 spiro atoms. The number of amides is 1. The molecule has 2 aromatic rings. The summed E-state index contributed by atoms with van der Waals surface area (Å²) < 4.78 is 0. The van der Waals surface area contributed by atoms with Gasteiger partial charge in [-0.3, -0.25) is 10.1 Å². The lowest BCUT2D eigenvalue weighted by atomic mass is 9.83. The van der Waals surface area contributed by atoms with Gasteiger partial charge in [0, 0.05) is 11.6 Å². The largest absolute Gasteiger partial charge is 0.294 e. The smallest absolute Gasteiger partial charge is 0.231 e. The third-order valence-electron chi connectivity index (χ3n) is 3.78. The highest BCUT2D eigenvalue weighted by molar-refractivity contribution is 6.29. The number of aryl methyl sites for hydroxylation is 2. The van der Waals surface area contributed by atoms with Crippen LogP contribution in [0.2, 0.25) is 5.15 Å². The van der Waals surface area contributed by atoms with E-state index in [2.05, 4.69) is 27.4 Å². The van der Waals surface area contributed by atoms with Crippen molar-refractivity contribution in [3.8, 4) is 0 Å². The van der Waals surface area contributed by atoms with Crippen LogP contribution in [-0.4, -0.2) is 15.9 Å². The van der Waals surface area contributed by atoms with E-state index in [1.54, 1.807) is 6.07 Å². The summed E-state index contributed by atoms with van der Waals surface area (Å²) in [6, 6.07) is 9.94. The zero-order valence-electron chi connectivity index (χ0n) is 11.8. The molecule has 0 radical (unpaired) electrons. The minimum atomic E-state index is -0.0391. The normalized spacial score (nSPS) is 17.1. The fraction of sp³-hybridized carbons (Fsp3) is 0.312. The Hall–Kier alpha value is -1.94. The van der Waals surface area contributed by atoms with Crippen LogP contribution in [0.5, 0.6) is 0 Å². The lowest BCUT2D eigenvalue weighted by molar-refractivity contribution is -0.120. The molecule has 1 aromatic heterocycles. The minimum absolute atomic E-state index is 0.0360. The van der Waals surface area contributed by atoms with E-state index in [1.807, 2.05) is 19.1 Å². The Morgan fingerprint density at radius 3 is 2.81 bits per heavy atom. The highest BCUT2D eigenvalue weighted by Crippen LogP contribution is 2.26. The fourth-order valence-electron chi connectivity index (χ4n) is 2.72. The molecule has 108 valence electrons. The Balaban J connectivity index is 1.72. The van der Waals surface area contributed by atoms with E-state index >= 15 is 0 Å². The van der Waals surface area contributed by atoms with Crippen molar-refractivity contribution in [2.24, 2.45) is 5.92 Å². The number of nitrogens with one attached hydrogen (secondary N) is 1. The van der Waals surface area contributed by atoms with Gasteiger partial charge in [0.1, 0.15) is 5.15 Å². The highest BCUT2D eigenvalue weighted by atomic mass is 35.5. The standard InChI is InChI=1S/C16H16ClN3O/c1-10-8-14(17)19-16(18-10)20-15(21)13-7-6-11-4-2-3-5-12(11)9-13/h2-5,8,13H,6-7,9H2,1H3,(H,18,19,20,21). The van der Waals surface area contributed by atoms with Crippen LogP contribution in [0.25, 0.3) is 0 Å². The van der Waals surface area contributed by atoms with Gasteiger partial charge in [-0.05, 0) is 43.4 Å². The molecule has 1 atom stereocenters. The number of aromatic nitrogens is 2. The molecule has 3 rings (SSSR count). The molecule has 0 fully saturated rings. The zero-order valence-corrected chi connectivity index (χ0v) is 12.5. The maximum Gasteiger partial charge on any atom is 0.231 e. The molecule has 21 heavy (non-hydrogen) atoms. The van der Waals surface area contributed by atoms with Gasteiger partial charge in [-0.15, -0.1) is 0 Å². The van der Waals surface area contributed by atoms with Crippen LogP contribution in [0.15, 0.2) is 30.3 Å². The molecule has 1 N–H and O–H groups in total. The number of hydrogen-bond donors (Lipinski definition) is 1. The molecule has 0 bridgehead atoms. The summed E-state index contributed by atoms with van der Waals surface area (Å²) in [4.78, 5) is 20.6. The van der Waals surface area contributed by atoms with Crippen molar-refractivity contribution in [1.82, 2.24) is 9.97 Å². The first-order valence-corrected chi connectivity index (χ1v) is 7.38. The molecule has 1 amide bonds. The Morgan fingerprint density at radius 1 is 1.29 bits per heavy atom. The number of carbonyl (C=O) groups excluding carboxylic acids is 1. The van der Waals surface area contributed by atoms with Gasteiger partial charge in [0.25, 0.3) is 0 Å². The third-order valence-corrected chi connectivity index (χ3v) is 3.97. The van der Waals surface area contributed by atoms with Crippen molar-refractivity contribution in [1.29, 1.82) is 0 Å². The third kappa shape index (κ3) is 3.22. The Bertz CT molecular complexity index is 667. The number of carbonyl (C=O) groups is 1. The molecule has 4 nitrogen and oxygen atoms in total. The molecule has 0 aliphatic heterocycles. The lowest BCUT2D eigenvalue weighted by Gasteiger charge is -2.23. The zero-order chi connectivity index (χ0) is 14.8. The van der Waals surface area contributed by atoms with Gasteiger partial charge in [0.2, 0.25) is 11.9 Å². The van der Waals surface area contributed by atoms with Gasteiger partial charge < -0.3 is 0 Å². The second kappa shape index (κ2) is 5.82. The van der Waals surface area contributed by atoms with Crippen molar-refractivity contribution < 1.29 is 4.79 Å². The van der Waals surface area contributed by atoms with Gasteiger partial charge in [0.05, 0.1) is 0 Å². The molecular formula is C16H16ClN3O. The SMILES string of the molecule is Cc1cc(Cl)nc(NC(=O)C2CCc3ccccc3C2)n1. The Labute approximate surface area is 128 Å². The molecular weight excluding hydrogens is 286 g/mol. The summed E-state index contributed by atoms with van der Waals surface area (Å²) in [6.45, 7) is 1.82. The maximum atomic E-state index is 12.4. The number of anilines is 1. The summed E-state index contributed by atoms with van der Waals surface area (Å²) in [6.07, 6.45) is 2.55. The first-order chi connectivity index (χ1) is 10.1. The topological polar surface area (TPSA) is 54.9 Å². The van der Waals surface area contributed by atoms with Crippen LogP contribution in [-0.2, 0) is 17.6 Å². The number of halogens is 1. The molecule has 0 saturated heterocycles. The van der Waals surface area contributed by atoms with Crippen LogP contribution in [0.1, 0.15) is 23.2 Å². The van der Waals surface area contributed by atoms with Crippen molar-refractivity contribution >= 4 is 23.5 Å². The molecule has 1 unspecified atom stereocenters. The average molecular weight is 302 g/mol. The van der Waals surface area contributed by atoms with E-state index in [0.29, 0.717) is 5.15 Å². The van der Waals surface area contributed by atoms with E-state index in [0.717, 1.165) is 25.0 Å². The van der Waals surface area contributed by atoms with Gasteiger partial charge >= 0.3 is 0 Å². The number of fused-ring (bicyclic) bond motifs is 1. The van der Waals surface area contributed by atoms with Crippen LogP contribution in [0, 0.1) is 12.8 Å². The van der Waals surface area contributed by atoms with Crippen LogP contribution < -0.4 is 5.32 Å². The van der Waals surface area contributed by atoms with Gasteiger partial charge in [-0.25, -0.2) is 9.97 Å².